The molecule has 3 aliphatic rings. The topological polar surface area (TPSA) is 373 Å². The van der Waals surface area contributed by atoms with E-state index in [1.807, 2.05) is 6.08 Å². The second kappa shape index (κ2) is 56.8. The van der Waals surface area contributed by atoms with Crippen LogP contribution in [0.2, 0.25) is 0 Å². The number of aliphatic hydroxyl groups is 11. The van der Waals surface area contributed by atoms with Crippen molar-refractivity contribution in [3.8, 4) is 0 Å². The van der Waals surface area contributed by atoms with E-state index >= 15 is 0 Å². The fraction of sp³-hybridized carbons (Fsp3) is 0.935. The zero-order valence-electron chi connectivity index (χ0n) is 62.1. The first-order chi connectivity index (χ1) is 48.4. The minimum Gasteiger partial charge on any atom is -0.477 e. The molecular weight excluding hydrogens is 1290 g/mol. The summed E-state index contributed by atoms with van der Waals surface area (Å²) in [6.45, 7) is 2.19. The van der Waals surface area contributed by atoms with Crippen molar-refractivity contribution >= 4 is 17.8 Å². The van der Waals surface area contributed by atoms with Gasteiger partial charge in [-0.3, -0.25) is 9.59 Å². The van der Waals surface area contributed by atoms with Crippen LogP contribution in [-0.2, 0) is 42.8 Å². The van der Waals surface area contributed by atoms with Crippen molar-refractivity contribution in [3.05, 3.63) is 12.2 Å². The Balaban J connectivity index is 1.51. The summed E-state index contributed by atoms with van der Waals surface area (Å²) in [5.74, 6) is -6.13. The van der Waals surface area contributed by atoms with Gasteiger partial charge in [0.1, 0.15) is 67.1 Å². The van der Waals surface area contributed by atoms with Crippen molar-refractivity contribution in [1.82, 2.24) is 10.6 Å². The number of hydrogen-bond acceptors (Lipinski definition) is 20. The average molecular weight is 1430 g/mol. The zero-order valence-corrected chi connectivity index (χ0v) is 62.1. The maximum absolute atomic E-state index is 13.5. The molecule has 0 spiro atoms. The highest BCUT2D eigenvalue weighted by atomic mass is 16.8. The van der Waals surface area contributed by atoms with E-state index in [-0.39, 0.29) is 12.3 Å². The van der Waals surface area contributed by atoms with Gasteiger partial charge in [-0.2, -0.15) is 0 Å². The van der Waals surface area contributed by atoms with Gasteiger partial charge in [0.2, 0.25) is 11.8 Å². The van der Waals surface area contributed by atoms with Crippen LogP contribution >= 0.6 is 0 Å². The van der Waals surface area contributed by atoms with Crippen LogP contribution in [0.15, 0.2) is 12.2 Å². The smallest absolute Gasteiger partial charge is 0.364 e. The summed E-state index contributed by atoms with van der Waals surface area (Å²) >= 11 is 0. The minimum absolute atomic E-state index is 0.206. The van der Waals surface area contributed by atoms with Crippen molar-refractivity contribution in [1.29, 1.82) is 0 Å². The lowest BCUT2D eigenvalue weighted by atomic mass is 9.88. The maximum Gasteiger partial charge on any atom is 0.364 e. The molecule has 3 fully saturated rings. The monoisotopic (exact) mass is 1430 g/mol. The number of carbonyl (C=O) groups excluding carboxylic acids is 2. The lowest BCUT2D eigenvalue weighted by molar-refractivity contribution is -0.386. The third-order valence-electron chi connectivity index (χ3n) is 20.5. The molecule has 588 valence electrons. The summed E-state index contributed by atoms with van der Waals surface area (Å²) in [4.78, 5) is 38.7. The molecular formula is C77H144N2O21. The highest BCUT2D eigenvalue weighted by Crippen LogP contribution is 2.39. The van der Waals surface area contributed by atoms with Crippen molar-refractivity contribution < 1.29 is 104 Å². The number of hydrogen-bond donors (Lipinski definition) is 14. The van der Waals surface area contributed by atoms with E-state index in [0.29, 0.717) is 12.8 Å². The number of allylic oxidation sites excluding steroid dienone is 1. The molecule has 0 aromatic carbocycles. The SMILES string of the molecule is CCCCCCCCCCCCCCCCCC/C=C/C(O)C(COC1OC(CO)C(OC2OC(CO)C(O)C(OC3(C(=O)O)CC(O)C(NC(C)=O)C(C(O)C(O)CO)O3)C2O)C(O)C1O)NC(=O)CCCCCCCCCCCCCCCCCCCCCCCCCCCCCC. The minimum atomic E-state index is -3.08. The van der Waals surface area contributed by atoms with Gasteiger partial charge in [-0.1, -0.05) is 296 Å². The van der Waals surface area contributed by atoms with E-state index in [4.69, 9.17) is 28.4 Å². The van der Waals surface area contributed by atoms with Gasteiger partial charge in [0.15, 0.2) is 12.6 Å². The lowest BCUT2D eigenvalue weighted by Gasteiger charge is -2.50. The molecule has 3 saturated heterocycles. The number of rotatable bonds is 63. The molecule has 0 saturated carbocycles. The first kappa shape index (κ1) is 91.7. The van der Waals surface area contributed by atoms with Gasteiger partial charge >= 0.3 is 5.97 Å². The molecule has 3 heterocycles. The Labute approximate surface area is 601 Å². The number of unbranched alkanes of at least 4 members (excludes halogenated alkanes) is 43. The summed E-state index contributed by atoms with van der Waals surface area (Å²) in [5, 5.41) is 136. The molecule has 3 aliphatic heterocycles. The lowest BCUT2D eigenvalue weighted by Crippen LogP contribution is -2.70. The van der Waals surface area contributed by atoms with Gasteiger partial charge in [0.05, 0.1) is 50.7 Å². The molecule has 18 atom stereocenters. The molecule has 0 aliphatic carbocycles. The fourth-order valence-corrected chi connectivity index (χ4v) is 14.1. The molecule has 23 nitrogen and oxygen atoms in total. The van der Waals surface area contributed by atoms with Gasteiger partial charge in [0.25, 0.3) is 5.79 Å². The Kier molecular flexibility index (Phi) is 52.0. The van der Waals surface area contributed by atoms with Crippen LogP contribution in [0.3, 0.4) is 0 Å². The van der Waals surface area contributed by atoms with Gasteiger partial charge in [-0.15, -0.1) is 0 Å². The second-order valence-electron chi connectivity index (χ2n) is 29.3. The number of carboxylic acids is 1. The highest BCUT2D eigenvalue weighted by Gasteiger charge is 2.60. The number of amides is 2. The van der Waals surface area contributed by atoms with Crippen LogP contribution in [0, 0.1) is 0 Å². The van der Waals surface area contributed by atoms with E-state index in [0.717, 1.165) is 51.9 Å². The molecule has 14 N–H and O–H groups in total. The predicted molar refractivity (Wildman–Crippen MR) is 385 cm³/mol. The third-order valence-corrected chi connectivity index (χ3v) is 20.5. The Hall–Kier alpha value is -2.53. The van der Waals surface area contributed by atoms with Gasteiger partial charge < -0.3 is 100 Å². The van der Waals surface area contributed by atoms with Crippen molar-refractivity contribution in [3.63, 3.8) is 0 Å². The van der Waals surface area contributed by atoms with Gasteiger partial charge in [0, 0.05) is 19.8 Å². The Morgan fingerprint density at radius 1 is 0.520 bits per heavy atom. The number of ether oxygens (including phenoxy) is 6. The standard InChI is InChI=1S/C77H144N2O21/c1-4-6-8-10-12-14-16-18-20-22-24-25-26-27-28-29-30-31-32-33-35-37-39-41-43-45-47-49-51-64(87)79-58(59(84)50-48-46-44-42-40-38-36-34-23-21-19-17-15-13-11-9-7-5-2)56-95-74-69(91)68(90)71(63(55-82)97-74)98-75-70(92)73(67(89)62(54-81)96-75)100-77(76(93)94)52-60(85)65(78-57(3)83)72(99-77)66(88)61(86)53-80/h48,50,58-63,65-75,80-82,84-86,88-92H,4-47,49,51-56H2,1-3H3,(H,78,83)(H,79,87)(H,93,94)/b50-48+. The van der Waals surface area contributed by atoms with Gasteiger partial charge in [-0.25, -0.2) is 4.79 Å². The summed E-state index contributed by atoms with van der Waals surface area (Å²) in [5.41, 5.74) is 0. The quantitative estimate of drug-likeness (QED) is 0.0199. The molecule has 0 aromatic heterocycles. The normalized spacial score (nSPS) is 27.0. The molecule has 0 aromatic rings. The van der Waals surface area contributed by atoms with Crippen molar-refractivity contribution in [2.45, 2.75) is 432 Å². The number of nitrogens with one attached hydrogen (secondary N) is 2. The zero-order chi connectivity index (χ0) is 73.2. The Morgan fingerprint density at radius 2 is 0.930 bits per heavy atom. The van der Waals surface area contributed by atoms with Crippen molar-refractivity contribution in [2.75, 3.05) is 26.4 Å². The Bertz CT molecular complexity index is 2050. The fourth-order valence-electron chi connectivity index (χ4n) is 14.1. The molecule has 2 amide bonds. The Morgan fingerprint density at radius 3 is 1.33 bits per heavy atom. The van der Waals surface area contributed by atoms with Gasteiger partial charge in [-0.05, 0) is 19.3 Å². The van der Waals surface area contributed by atoms with Crippen LogP contribution < -0.4 is 10.6 Å². The number of aliphatic carboxylic acids is 1. The van der Waals surface area contributed by atoms with E-state index < -0.39 is 155 Å². The third kappa shape index (κ3) is 37.1. The molecule has 23 heteroatoms. The van der Waals surface area contributed by atoms with E-state index in [2.05, 4.69) is 24.5 Å². The summed E-state index contributed by atoms with van der Waals surface area (Å²) in [7, 11) is 0. The largest absolute Gasteiger partial charge is 0.477 e. The van der Waals surface area contributed by atoms with Crippen LogP contribution in [0.5, 0.6) is 0 Å². The molecule has 0 radical (unpaired) electrons. The van der Waals surface area contributed by atoms with E-state index in [1.165, 1.54) is 231 Å². The summed E-state index contributed by atoms with van der Waals surface area (Å²) in [6, 6.07) is -2.62. The molecule has 100 heavy (non-hydrogen) atoms. The molecule has 3 rings (SSSR count). The van der Waals surface area contributed by atoms with E-state index in [1.54, 1.807) is 6.08 Å². The maximum atomic E-state index is 13.5. The highest BCUT2D eigenvalue weighted by molar-refractivity contribution is 5.77. The number of carboxylic acid groups (broad SMARTS) is 1. The van der Waals surface area contributed by atoms with Crippen LogP contribution in [0.25, 0.3) is 0 Å². The van der Waals surface area contributed by atoms with Crippen molar-refractivity contribution in [2.24, 2.45) is 0 Å². The predicted octanol–water partition coefficient (Wildman–Crippen LogP) is 10.2. The first-order valence-electron chi connectivity index (χ1n) is 40.1. The number of carbonyl (C=O) groups is 3. The summed E-state index contributed by atoms with van der Waals surface area (Å²) < 4.78 is 34.9. The van der Waals surface area contributed by atoms with Crippen LogP contribution in [-0.4, -0.2) is 215 Å². The molecule has 18 unspecified atom stereocenters. The molecule has 0 bridgehead atoms. The number of aliphatic hydroxyl groups excluding tert-OH is 11. The first-order valence-corrected chi connectivity index (χ1v) is 40.1. The average Bonchev–Trinajstić information content (AvgIpc) is 0.756. The summed E-state index contributed by atoms with van der Waals surface area (Å²) in [6.07, 6.45) is 31.1. The van der Waals surface area contributed by atoms with E-state index in [9.17, 15) is 75.7 Å². The van der Waals surface area contributed by atoms with Crippen LogP contribution in [0.4, 0.5) is 0 Å². The van der Waals surface area contributed by atoms with Crippen LogP contribution in [0.1, 0.15) is 323 Å². The second-order valence-corrected chi connectivity index (χ2v) is 29.3.